The third-order valence-electron chi connectivity index (χ3n) is 7.73. The number of nitrogens with zero attached hydrogens (tertiary/aromatic N) is 1. The Kier molecular flexibility index (Phi) is 10.4. The van der Waals surface area contributed by atoms with Gasteiger partial charge in [-0.1, -0.05) is 72.8 Å². The number of nitrogens with one attached hydrogen (secondary N) is 2. The quantitative estimate of drug-likeness (QED) is 0.206. The second-order valence-electron chi connectivity index (χ2n) is 11.1. The molecule has 1 aliphatic rings. The third-order valence-corrected chi connectivity index (χ3v) is 9.35. The predicted octanol–water partition coefficient (Wildman–Crippen LogP) is 3.51. The standard InChI is InChI=1S/C33H37N3O7S/c37-30(33-36-26-13-7-8-14-29(26)43-33)27(16-15-23-9-3-1-4-10-23)34-32(39)28(35-31(38)25-17-19-42-20-18-25)22-44(40,41)21-24-11-5-2-6-12-24/h1-14,25,27-28,30,37H,15-22H2,(H,34,39)(H,35,38). The van der Waals surface area contributed by atoms with Crippen molar-refractivity contribution in [2.24, 2.45) is 5.92 Å². The number of amides is 2. The molecule has 2 heterocycles. The van der Waals surface area contributed by atoms with E-state index >= 15 is 0 Å². The second-order valence-corrected chi connectivity index (χ2v) is 13.2. The van der Waals surface area contributed by atoms with Gasteiger partial charge in [-0.25, -0.2) is 13.4 Å². The van der Waals surface area contributed by atoms with Crippen molar-refractivity contribution in [1.29, 1.82) is 0 Å². The molecular weight excluding hydrogens is 582 g/mol. The van der Waals surface area contributed by atoms with Crippen LogP contribution in [0.4, 0.5) is 0 Å². The largest absolute Gasteiger partial charge is 0.438 e. The molecule has 2 amide bonds. The second kappa shape index (κ2) is 14.6. The van der Waals surface area contributed by atoms with E-state index in [-0.39, 0.29) is 11.6 Å². The molecule has 0 radical (unpaired) electrons. The van der Waals surface area contributed by atoms with Crippen molar-refractivity contribution >= 4 is 32.8 Å². The first kappa shape index (κ1) is 31.4. The lowest BCUT2D eigenvalue weighted by molar-refractivity contribution is -0.133. The van der Waals surface area contributed by atoms with Gasteiger partial charge in [-0.15, -0.1) is 0 Å². The number of aliphatic hydroxyl groups is 1. The van der Waals surface area contributed by atoms with Crippen LogP contribution in [0.5, 0.6) is 0 Å². The maximum atomic E-state index is 13.8. The zero-order chi connectivity index (χ0) is 30.9. The van der Waals surface area contributed by atoms with Gasteiger partial charge in [0.1, 0.15) is 11.6 Å². The van der Waals surface area contributed by atoms with Crippen LogP contribution in [-0.4, -0.2) is 61.4 Å². The summed E-state index contributed by atoms with van der Waals surface area (Å²) >= 11 is 0. The Morgan fingerprint density at radius 3 is 2.20 bits per heavy atom. The number of rotatable bonds is 13. The van der Waals surface area contributed by atoms with Gasteiger partial charge in [-0.3, -0.25) is 9.59 Å². The topological polar surface area (TPSA) is 148 Å². The fourth-order valence-electron chi connectivity index (χ4n) is 5.32. The van der Waals surface area contributed by atoms with Crippen molar-refractivity contribution in [2.75, 3.05) is 19.0 Å². The molecule has 3 unspecified atom stereocenters. The van der Waals surface area contributed by atoms with E-state index < -0.39 is 51.5 Å². The van der Waals surface area contributed by atoms with Gasteiger partial charge in [0.2, 0.25) is 17.7 Å². The van der Waals surface area contributed by atoms with E-state index in [0.29, 0.717) is 55.6 Å². The number of carbonyl (C=O) groups excluding carboxylic acids is 2. The molecule has 232 valence electrons. The van der Waals surface area contributed by atoms with Crippen LogP contribution in [0.3, 0.4) is 0 Å². The molecule has 3 N–H and O–H groups in total. The molecular formula is C33H37N3O7S. The maximum absolute atomic E-state index is 13.8. The maximum Gasteiger partial charge on any atom is 0.243 e. The lowest BCUT2D eigenvalue weighted by Gasteiger charge is -2.27. The fourth-order valence-corrected chi connectivity index (χ4v) is 6.88. The van der Waals surface area contributed by atoms with Gasteiger partial charge in [-0.2, -0.15) is 0 Å². The Morgan fingerprint density at radius 1 is 0.886 bits per heavy atom. The van der Waals surface area contributed by atoms with Crippen molar-refractivity contribution in [2.45, 2.75) is 49.6 Å². The number of hydrogen-bond acceptors (Lipinski definition) is 8. The van der Waals surface area contributed by atoms with Crippen molar-refractivity contribution in [3.05, 3.63) is 102 Å². The van der Waals surface area contributed by atoms with Gasteiger partial charge in [0.15, 0.2) is 21.5 Å². The zero-order valence-corrected chi connectivity index (χ0v) is 25.1. The average Bonchev–Trinajstić information content (AvgIpc) is 3.48. The summed E-state index contributed by atoms with van der Waals surface area (Å²) < 4.78 is 37.8. The van der Waals surface area contributed by atoms with Crippen LogP contribution in [0.15, 0.2) is 89.3 Å². The Balaban J connectivity index is 1.38. The van der Waals surface area contributed by atoms with Crippen molar-refractivity contribution in [1.82, 2.24) is 15.6 Å². The van der Waals surface area contributed by atoms with Crippen molar-refractivity contribution in [3.63, 3.8) is 0 Å². The monoisotopic (exact) mass is 619 g/mol. The van der Waals surface area contributed by atoms with E-state index in [1.807, 2.05) is 30.3 Å². The Morgan fingerprint density at radius 2 is 1.52 bits per heavy atom. The summed E-state index contributed by atoms with van der Waals surface area (Å²) in [6, 6.07) is 23.1. The number of ether oxygens (including phenoxy) is 1. The highest BCUT2D eigenvalue weighted by Gasteiger charge is 2.34. The zero-order valence-electron chi connectivity index (χ0n) is 24.3. The van der Waals surface area contributed by atoms with Crippen LogP contribution in [0.1, 0.15) is 42.4 Å². The Labute approximate surface area is 256 Å². The smallest absolute Gasteiger partial charge is 0.243 e. The summed E-state index contributed by atoms with van der Waals surface area (Å²) in [4.78, 5) is 31.4. The normalized spacial score (nSPS) is 16.2. The van der Waals surface area contributed by atoms with E-state index in [0.717, 1.165) is 5.56 Å². The molecule has 10 nitrogen and oxygen atoms in total. The first-order valence-electron chi connectivity index (χ1n) is 14.8. The highest BCUT2D eigenvalue weighted by molar-refractivity contribution is 7.90. The summed E-state index contributed by atoms with van der Waals surface area (Å²) in [5.41, 5.74) is 2.62. The average molecular weight is 620 g/mol. The molecule has 1 aromatic heterocycles. The molecule has 4 aromatic rings. The number of aromatic nitrogens is 1. The molecule has 0 spiro atoms. The number of fused-ring (bicyclic) bond motifs is 1. The molecule has 1 fully saturated rings. The molecule has 1 saturated heterocycles. The Hall–Kier alpha value is -4.06. The van der Waals surface area contributed by atoms with Crippen LogP contribution < -0.4 is 10.6 Å². The number of oxazole rings is 1. The van der Waals surface area contributed by atoms with Gasteiger partial charge in [0.05, 0.1) is 17.5 Å². The highest BCUT2D eigenvalue weighted by Crippen LogP contribution is 2.25. The van der Waals surface area contributed by atoms with E-state index in [9.17, 15) is 23.1 Å². The molecule has 0 bridgehead atoms. The molecule has 3 aromatic carbocycles. The predicted molar refractivity (Wildman–Crippen MR) is 165 cm³/mol. The highest BCUT2D eigenvalue weighted by atomic mass is 32.2. The molecule has 1 aliphatic heterocycles. The van der Waals surface area contributed by atoms with Crippen LogP contribution in [0.2, 0.25) is 0 Å². The molecule has 3 atom stereocenters. The van der Waals surface area contributed by atoms with Gasteiger partial charge in [0.25, 0.3) is 0 Å². The molecule has 0 saturated carbocycles. The first-order chi connectivity index (χ1) is 21.3. The number of benzene rings is 3. The minimum absolute atomic E-state index is 0.0315. The number of aryl methyl sites for hydroxylation is 1. The minimum atomic E-state index is -3.83. The lowest BCUT2D eigenvalue weighted by Crippen LogP contribution is -2.55. The van der Waals surface area contributed by atoms with E-state index in [1.54, 1.807) is 54.6 Å². The molecule has 0 aliphatic carbocycles. The van der Waals surface area contributed by atoms with E-state index in [2.05, 4.69) is 15.6 Å². The lowest BCUT2D eigenvalue weighted by atomic mass is 9.98. The third kappa shape index (κ3) is 8.52. The summed E-state index contributed by atoms with van der Waals surface area (Å²) in [5, 5.41) is 16.9. The van der Waals surface area contributed by atoms with Crippen LogP contribution in [-0.2, 0) is 36.3 Å². The van der Waals surface area contributed by atoms with Crippen LogP contribution >= 0.6 is 0 Å². The molecule has 5 rings (SSSR count). The number of para-hydroxylation sites is 2. The summed E-state index contributed by atoms with van der Waals surface area (Å²) in [7, 11) is -3.83. The number of hydrogen-bond donors (Lipinski definition) is 3. The van der Waals surface area contributed by atoms with Crippen molar-refractivity contribution in [3.8, 4) is 0 Å². The number of aliphatic hydroxyl groups excluding tert-OH is 1. The first-order valence-corrected chi connectivity index (χ1v) is 16.6. The molecule has 44 heavy (non-hydrogen) atoms. The van der Waals surface area contributed by atoms with Gasteiger partial charge < -0.3 is 24.9 Å². The summed E-state index contributed by atoms with van der Waals surface area (Å²) in [6.07, 6.45) is 0.435. The van der Waals surface area contributed by atoms with Crippen molar-refractivity contribution < 1.29 is 32.3 Å². The number of sulfone groups is 1. The van der Waals surface area contributed by atoms with Crippen LogP contribution in [0, 0.1) is 5.92 Å². The molecule has 11 heteroatoms. The summed E-state index contributed by atoms with van der Waals surface area (Å²) in [6.45, 7) is 0.832. The Bertz CT molecular complexity index is 1600. The van der Waals surface area contributed by atoms with Gasteiger partial charge >= 0.3 is 0 Å². The number of carbonyl (C=O) groups is 2. The van der Waals surface area contributed by atoms with Gasteiger partial charge in [0, 0.05) is 19.1 Å². The fraction of sp³-hybridized carbons (Fsp3) is 0.364. The van der Waals surface area contributed by atoms with E-state index in [4.69, 9.17) is 9.15 Å². The summed E-state index contributed by atoms with van der Waals surface area (Å²) in [5.74, 6) is -2.36. The SMILES string of the molecule is O=C(NC(CS(=O)(=O)Cc1ccccc1)C(=O)NC(CCc1ccccc1)C(O)c1nc2ccccc2o1)C1CCOCC1. The van der Waals surface area contributed by atoms with E-state index in [1.165, 1.54) is 0 Å². The van der Waals surface area contributed by atoms with Gasteiger partial charge in [-0.05, 0) is 48.9 Å². The van der Waals surface area contributed by atoms with Crippen LogP contribution in [0.25, 0.3) is 11.1 Å². The minimum Gasteiger partial charge on any atom is -0.438 e.